The maximum atomic E-state index is 12.7. The number of carbonyl (C=O) groups excluding carboxylic acids is 3. The molecule has 5 rings (SSSR count). The van der Waals surface area contributed by atoms with Crippen LogP contribution in [0.5, 0.6) is 5.88 Å². The Bertz CT molecular complexity index is 1140. The predicted molar refractivity (Wildman–Crippen MR) is 109 cm³/mol. The molecule has 150 valence electrons. The second-order valence-electron chi connectivity index (χ2n) is 7.45. The molecule has 3 heterocycles. The summed E-state index contributed by atoms with van der Waals surface area (Å²) in [5.74, 6) is -0.581. The molecule has 0 radical (unpaired) electrons. The highest BCUT2D eigenvalue weighted by molar-refractivity contribution is 6.22. The predicted octanol–water partition coefficient (Wildman–Crippen LogP) is 2.51. The van der Waals surface area contributed by atoms with E-state index in [9.17, 15) is 14.4 Å². The lowest BCUT2D eigenvalue weighted by Crippen LogP contribution is -2.42. The van der Waals surface area contributed by atoms with Gasteiger partial charge in [0.2, 0.25) is 11.8 Å². The third kappa shape index (κ3) is 3.18. The molecule has 30 heavy (non-hydrogen) atoms. The lowest BCUT2D eigenvalue weighted by molar-refractivity contribution is -0.130. The van der Waals surface area contributed by atoms with Crippen LogP contribution in [0.25, 0.3) is 10.9 Å². The number of likely N-dealkylation sites (tertiary alicyclic amines) is 1. The summed E-state index contributed by atoms with van der Waals surface area (Å²) in [6, 6.07) is 18.2. The first-order valence-corrected chi connectivity index (χ1v) is 9.85. The largest absolute Gasteiger partial charge is 0.472 e. The van der Waals surface area contributed by atoms with Crippen molar-refractivity contribution >= 4 is 28.6 Å². The minimum Gasteiger partial charge on any atom is -0.472 e. The first-order valence-electron chi connectivity index (χ1n) is 9.85. The number of carbonyl (C=O) groups is 3. The number of benzene rings is 2. The zero-order valence-corrected chi connectivity index (χ0v) is 16.2. The summed E-state index contributed by atoms with van der Waals surface area (Å²) < 4.78 is 5.97. The Morgan fingerprint density at radius 2 is 1.67 bits per heavy atom. The van der Waals surface area contributed by atoms with Crippen molar-refractivity contribution in [1.82, 2.24) is 14.8 Å². The molecule has 2 aliphatic heterocycles. The molecule has 0 spiro atoms. The van der Waals surface area contributed by atoms with Crippen LogP contribution in [-0.4, -0.2) is 58.2 Å². The first kappa shape index (κ1) is 18.3. The fourth-order valence-electron chi connectivity index (χ4n) is 3.95. The number of ether oxygens (including phenoxy) is 1. The normalized spacial score (nSPS) is 18.2. The van der Waals surface area contributed by atoms with E-state index in [1.807, 2.05) is 36.4 Å². The summed E-state index contributed by atoms with van der Waals surface area (Å²) in [5, 5.41) is 1.04. The Morgan fingerprint density at radius 1 is 0.967 bits per heavy atom. The quantitative estimate of drug-likeness (QED) is 0.628. The number of nitrogens with zero attached hydrogens (tertiary/aromatic N) is 3. The molecule has 1 aromatic heterocycles. The maximum absolute atomic E-state index is 12.7. The maximum Gasteiger partial charge on any atom is 0.262 e. The Hall–Kier alpha value is -3.74. The smallest absolute Gasteiger partial charge is 0.262 e. The number of rotatable bonds is 4. The van der Waals surface area contributed by atoms with Crippen LogP contribution in [0.4, 0.5) is 0 Å². The third-order valence-electron chi connectivity index (χ3n) is 5.53. The van der Waals surface area contributed by atoms with Crippen molar-refractivity contribution in [3.63, 3.8) is 0 Å². The van der Waals surface area contributed by atoms with Gasteiger partial charge in [0.15, 0.2) is 0 Å². The van der Waals surface area contributed by atoms with Crippen LogP contribution in [0.1, 0.15) is 27.1 Å². The monoisotopic (exact) mass is 401 g/mol. The first-order chi connectivity index (χ1) is 14.6. The molecule has 2 aliphatic rings. The van der Waals surface area contributed by atoms with Gasteiger partial charge in [0.05, 0.1) is 23.2 Å². The van der Waals surface area contributed by atoms with Crippen LogP contribution in [0, 0.1) is 0 Å². The minimum absolute atomic E-state index is 0.176. The number of pyridine rings is 1. The summed E-state index contributed by atoms with van der Waals surface area (Å²) in [5.41, 5.74) is 1.55. The molecule has 7 nitrogen and oxygen atoms in total. The number of imide groups is 1. The minimum atomic E-state index is -0.420. The molecule has 1 atom stereocenters. The highest BCUT2D eigenvalue weighted by atomic mass is 16.5. The second-order valence-corrected chi connectivity index (χ2v) is 7.45. The van der Waals surface area contributed by atoms with Gasteiger partial charge in [0.1, 0.15) is 12.6 Å². The van der Waals surface area contributed by atoms with Gasteiger partial charge in [-0.1, -0.05) is 30.3 Å². The van der Waals surface area contributed by atoms with Crippen molar-refractivity contribution in [3.8, 4) is 5.88 Å². The van der Waals surface area contributed by atoms with Gasteiger partial charge in [-0.05, 0) is 24.3 Å². The van der Waals surface area contributed by atoms with Gasteiger partial charge in [-0.3, -0.25) is 19.3 Å². The summed E-state index contributed by atoms with van der Waals surface area (Å²) in [7, 11) is 0. The van der Waals surface area contributed by atoms with E-state index in [4.69, 9.17) is 4.74 Å². The van der Waals surface area contributed by atoms with E-state index in [0.717, 1.165) is 15.8 Å². The van der Waals surface area contributed by atoms with E-state index in [1.54, 1.807) is 29.2 Å². The molecular weight excluding hydrogens is 382 g/mol. The third-order valence-corrected chi connectivity index (χ3v) is 5.53. The highest BCUT2D eigenvalue weighted by Gasteiger charge is 2.38. The number of fused-ring (bicyclic) bond motifs is 2. The fourth-order valence-corrected chi connectivity index (χ4v) is 3.95. The fraction of sp³-hybridized carbons (Fsp3) is 0.217. The average molecular weight is 401 g/mol. The van der Waals surface area contributed by atoms with Crippen molar-refractivity contribution in [2.24, 2.45) is 0 Å². The van der Waals surface area contributed by atoms with E-state index in [0.29, 0.717) is 36.5 Å². The molecule has 0 bridgehead atoms. The van der Waals surface area contributed by atoms with Crippen molar-refractivity contribution in [2.45, 2.75) is 12.5 Å². The molecule has 7 heteroatoms. The summed E-state index contributed by atoms with van der Waals surface area (Å²) in [4.78, 5) is 44.8. The van der Waals surface area contributed by atoms with E-state index < -0.39 is 11.8 Å². The highest BCUT2D eigenvalue weighted by Crippen LogP contribution is 2.24. The number of hydrogen-bond acceptors (Lipinski definition) is 5. The molecule has 1 fully saturated rings. The summed E-state index contributed by atoms with van der Waals surface area (Å²) >= 11 is 0. The van der Waals surface area contributed by atoms with Crippen molar-refractivity contribution in [1.29, 1.82) is 0 Å². The van der Waals surface area contributed by atoms with Gasteiger partial charge in [-0.2, -0.15) is 0 Å². The van der Waals surface area contributed by atoms with E-state index in [-0.39, 0.29) is 18.6 Å². The molecular formula is C23H19N3O4. The molecule has 3 aromatic rings. The Labute approximate surface area is 172 Å². The zero-order valence-electron chi connectivity index (χ0n) is 16.2. The van der Waals surface area contributed by atoms with E-state index >= 15 is 0 Å². The molecule has 0 N–H and O–H groups in total. The molecule has 2 aromatic carbocycles. The molecule has 3 amide bonds. The van der Waals surface area contributed by atoms with Crippen LogP contribution in [0.3, 0.4) is 0 Å². The number of aromatic nitrogens is 1. The summed E-state index contributed by atoms with van der Waals surface area (Å²) in [6.07, 6.45) is 0.493. The van der Waals surface area contributed by atoms with E-state index in [1.165, 1.54) is 0 Å². The van der Waals surface area contributed by atoms with Crippen LogP contribution < -0.4 is 4.74 Å². The SMILES string of the molecule is O=C(CN1C(=O)c2ccccc2C1=O)N1CCC(Oc2ccc3ccccc3n2)C1. The zero-order chi connectivity index (χ0) is 20.7. The molecule has 1 saturated heterocycles. The topological polar surface area (TPSA) is 79.8 Å². The number of para-hydroxylation sites is 1. The standard InChI is InChI=1S/C23H19N3O4/c27-21(14-26-22(28)17-6-2-3-7-18(17)23(26)29)25-12-11-16(13-25)30-20-10-9-15-5-1-4-8-19(15)24-20/h1-10,16H,11-14H2. The van der Waals surface area contributed by atoms with Gasteiger partial charge in [0, 0.05) is 24.4 Å². The lowest BCUT2D eigenvalue weighted by atomic mass is 10.1. The van der Waals surface area contributed by atoms with Gasteiger partial charge in [0.25, 0.3) is 11.8 Å². The van der Waals surface area contributed by atoms with Crippen LogP contribution in [0.15, 0.2) is 60.7 Å². The Kier molecular flexibility index (Phi) is 4.43. The van der Waals surface area contributed by atoms with Crippen LogP contribution in [-0.2, 0) is 4.79 Å². The second kappa shape index (κ2) is 7.26. The molecule has 0 saturated carbocycles. The average Bonchev–Trinajstić information content (AvgIpc) is 3.33. The van der Waals surface area contributed by atoms with Gasteiger partial charge in [-0.15, -0.1) is 0 Å². The van der Waals surface area contributed by atoms with Gasteiger partial charge >= 0.3 is 0 Å². The van der Waals surface area contributed by atoms with E-state index in [2.05, 4.69) is 4.98 Å². The molecule has 1 unspecified atom stereocenters. The van der Waals surface area contributed by atoms with Gasteiger partial charge < -0.3 is 9.64 Å². The number of hydrogen-bond donors (Lipinski definition) is 0. The van der Waals surface area contributed by atoms with Gasteiger partial charge in [-0.25, -0.2) is 4.98 Å². The number of amides is 3. The summed E-state index contributed by atoms with van der Waals surface area (Å²) in [6.45, 7) is 0.657. The Balaban J connectivity index is 1.22. The van der Waals surface area contributed by atoms with Crippen molar-refractivity contribution in [3.05, 3.63) is 71.8 Å². The van der Waals surface area contributed by atoms with Crippen LogP contribution >= 0.6 is 0 Å². The van der Waals surface area contributed by atoms with Crippen molar-refractivity contribution < 1.29 is 19.1 Å². The van der Waals surface area contributed by atoms with Crippen LogP contribution in [0.2, 0.25) is 0 Å². The lowest BCUT2D eigenvalue weighted by Gasteiger charge is -2.20. The Morgan fingerprint density at radius 3 is 2.43 bits per heavy atom. The van der Waals surface area contributed by atoms with Crippen molar-refractivity contribution in [2.75, 3.05) is 19.6 Å². The molecule has 0 aliphatic carbocycles.